The molecule has 0 aliphatic rings. The molecule has 1 aromatic carbocycles. The smallest absolute Gasteiger partial charge is 0.326 e. The maximum absolute atomic E-state index is 14.0. The van der Waals surface area contributed by atoms with Gasteiger partial charge in [0.2, 0.25) is 5.13 Å². The first kappa shape index (κ1) is 18.3. The van der Waals surface area contributed by atoms with Crippen LogP contribution in [0.3, 0.4) is 0 Å². The van der Waals surface area contributed by atoms with Crippen molar-refractivity contribution in [3.05, 3.63) is 32.6 Å². The standard InChI is InChI=1S/C15H19ClFN3OS2/c1-3-5-6-7-20-15(21)23-14(19-20)18-12-9-13(22-4-2)10(16)8-11(12)17/h8-9H,3-7H2,1-2H3,(H,18,19). The Balaban J connectivity index is 2.17. The molecular weight excluding hydrogens is 357 g/mol. The summed E-state index contributed by atoms with van der Waals surface area (Å²) in [4.78, 5) is 12.6. The fraction of sp³-hybridized carbons (Fsp3) is 0.467. The highest BCUT2D eigenvalue weighted by Crippen LogP contribution is 2.33. The molecule has 0 saturated heterocycles. The summed E-state index contributed by atoms with van der Waals surface area (Å²) >= 11 is 8.54. The van der Waals surface area contributed by atoms with E-state index in [1.54, 1.807) is 6.07 Å². The molecule has 0 amide bonds. The molecule has 0 radical (unpaired) electrons. The summed E-state index contributed by atoms with van der Waals surface area (Å²) in [6, 6.07) is 2.93. The molecule has 23 heavy (non-hydrogen) atoms. The van der Waals surface area contributed by atoms with Gasteiger partial charge in [-0.05, 0) is 35.6 Å². The number of nitrogens with one attached hydrogen (secondary N) is 1. The Labute approximate surface area is 148 Å². The topological polar surface area (TPSA) is 46.9 Å². The maximum atomic E-state index is 14.0. The van der Waals surface area contributed by atoms with Crippen LogP contribution in [0.25, 0.3) is 0 Å². The van der Waals surface area contributed by atoms with Gasteiger partial charge >= 0.3 is 4.87 Å². The molecule has 1 heterocycles. The highest BCUT2D eigenvalue weighted by Gasteiger charge is 2.12. The summed E-state index contributed by atoms with van der Waals surface area (Å²) in [5, 5.41) is 7.89. The van der Waals surface area contributed by atoms with Crippen LogP contribution in [0.1, 0.15) is 33.1 Å². The van der Waals surface area contributed by atoms with E-state index in [1.165, 1.54) is 22.5 Å². The van der Waals surface area contributed by atoms with Gasteiger partial charge in [0.05, 0.1) is 10.7 Å². The number of halogens is 2. The minimum Gasteiger partial charge on any atom is -0.328 e. The lowest BCUT2D eigenvalue weighted by molar-refractivity contribution is 0.543. The van der Waals surface area contributed by atoms with Crippen molar-refractivity contribution in [1.82, 2.24) is 9.78 Å². The highest BCUT2D eigenvalue weighted by atomic mass is 35.5. The van der Waals surface area contributed by atoms with Gasteiger partial charge in [-0.1, -0.05) is 38.3 Å². The average Bonchev–Trinajstić information content (AvgIpc) is 2.84. The second kappa shape index (κ2) is 8.70. The predicted octanol–water partition coefficient (Wildman–Crippen LogP) is 5.14. The molecule has 1 aromatic heterocycles. The van der Waals surface area contributed by atoms with E-state index in [0.29, 0.717) is 16.7 Å². The fourth-order valence-corrected chi connectivity index (χ4v) is 3.74. The molecule has 8 heteroatoms. The number of unbranched alkanes of at least 4 members (excludes halogenated alkanes) is 2. The molecule has 0 unspecified atom stereocenters. The third-order valence-electron chi connectivity index (χ3n) is 3.14. The van der Waals surface area contributed by atoms with Crippen LogP contribution in [-0.4, -0.2) is 15.5 Å². The number of benzene rings is 1. The van der Waals surface area contributed by atoms with E-state index in [4.69, 9.17) is 11.6 Å². The largest absolute Gasteiger partial charge is 0.328 e. The van der Waals surface area contributed by atoms with Crippen molar-refractivity contribution in [2.75, 3.05) is 11.1 Å². The first-order chi connectivity index (χ1) is 11.0. The molecular formula is C15H19ClFN3OS2. The summed E-state index contributed by atoms with van der Waals surface area (Å²) in [6.07, 6.45) is 3.04. The monoisotopic (exact) mass is 375 g/mol. The van der Waals surface area contributed by atoms with Gasteiger partial charge in [0.1, 0.15) is 5.82 Å². The van der Waals surface area contributed by atoms with Gasteiger partial charge < -0.3 is 5.32 Å². The van der Waals surface area contributed by atoms with Crippen LogP contribution in [0.4, 0.5) is 15.2 Å². The molecule has 0 saturated carbocycles. The number of rotatable bonds is 8. The zero-order valence-electron chi connectivity index (χ0n) is 13.1. The van der Waals surface area contributed by atoms with Gasteiger partial charge in [-0.15, -0.1) is 16.9 Å². The van der Waals surface area contributed by atoms with E-state index in [-0.39, 0.29) is 10.6 Å². The molecule has 0 atom stereocenters. The minimum absolute atomic E-state index is 0.138. The normalized spacial score (nSPS) is 11.0. The molecule has 0 aliphatic heterocycles. The minimum atomic E-state index is -0.462. The van der Waals surface area contributed by atoms with Gasteiger partial charge in [-0.2, -0.15) is 0 Å². The summed E-state index contributed by atoms with van der Waals surface area (Å²) in [5.74, 6) is 0.375. The molecule has 0 bridgehead atoms. The maximum Gasteiger partial charge on any atom is 0.326 e. The highest BCUT2D eigenvalue weighted by molar-refractivity contribution is 7.99. The van der Waals surface area contributed by atoms with Crippen molar-refractivity contribution < 1.29 is 4.39 Å². The number of aromatic nitrogens is 2. The number of aryl methyl sites for hydroxylation is 1. The van der Waals surface area contributed by atoms with Gasteiger partial charge in [-0.3, -0.25) is 4.79 Å². The number of nitrogens with zero attached hydrogens (tertiary/aromatic N) is 2. The number of hydrogen-bond donors (Lipinski definition) is 1. The summed E-state index contributed by atoms with van der Waals surface area (Å²) < 4.78 is 15.5. The van der Waals surface area contributed by atoms with E-state index >= 15 is 0 Å². The fourth-order valence-electron chi connectivity index (χ4n) is 2.02. The second-order valence-electron chi connectivity index (χ2n) is 4.92. The third-order valence-corrected chi connectivity index (χ3v) is 5.27. The molecule has 126 valence electrons. The summed E-state index contributed by atoms with van der Waals surface area (Å²) in [7, 11) is 0. The van der Waals surface area contributed by atoms with Gasteiger partial charge in [0.15, 0.2) is 0 Å². The number of thioether (sulfide) groups is 1. The summed E-state index contributed by atoms with van der Waals surface area (Å²) in [5.41, 5.74) is 0.278. The Morgan fingerprint density at radius 3 is 2.87 bits per heavy atom. The van der Waals surface area contributed by atoms with Crippen LogP contribution in [0.2, 0.25) is 5.02 Å². The number of hydrogen-bond acceptors (Lipinski definition) is 5. The van der Waals surface area contributed by atoms with Gasteiger partial charge in [0.25, 0.3) is 0 Å². The number of anilines is 2. The van der Waals surface area contributed by atoms with Crippen LogP contribution in [0, 0.1) is 5.82 Å². The zero-order chi connectivity index (χ0) is 16.8. The zero-order valence-corrected chi connectivity index (χ0v) is 15.5. The van der Waals surface area contributed by atoms with Crippen LogP contribution in [0.5, 0.6) is 0 Å². The summed E-state index contributed by atoms with van der Waals surface area (Å²) in [6.45, 7) is 4.69. The molecule has 4 nitrogen and oxygen atoms in total. The van der Waals surface area contributed by atoms with E-state index in [1.807, 2.05) is 6.92 Å². The van der Waals surface area contributed by atoms with Crippen LogP contribution in [-0.2, 0) is 6.54 Å². The Morgan fingerprint density at radius 2 is 2.17 bits per heavy atom. The SMILES string of the molecule is CCCCCn1nc(Nc2cc(SCC)c(Cl)cc2F)sc1=O. The lowest BCUT2D eigenvalue weighted by Crippen LogP contribution is -2.14. The van der Waals surface area contributed by atoms with Crippen molar-refractivity contribution in [3.8, 4) is 0 Å². The van der Waals surface area contributed by atoms with E-state index in [0.717, 1.165) is 41.2 Å². The molecule has 0 aliphatic carbocycles. The average molecular weight is 376 g/mol. The van der Waals surface area contributed by atoms with Crippen LogP contribution >= 0.6 is 34.7 Å². The second-order valence-corrected chi connectivity index (χ2v) is 7.58. The Bertz CT molecular complexity index is 717. The van der Waals surface area contributed by atoms with Crippen molar-refractivity contribution in [3.63, 3.8) is 0 Å². The van der Waals surface area contributed by atoms with Crippen molar-refractivity contribution >= 4 is 45.5 Å². The Hall–Kier alpha value is -1.05. The third kappa shape index (κ3) is 4.96. The predicted molar refractivity (Wildman–Crippen MR) is 97.0 cm³/mol. The lowest BCUT2D eigenvalue weighted by atomic mass is 10.2. The van der Waals surface area contributed by atoms with Crippen LogP contribution in [0.15, 0.2) is 21.8 Å². The van der Waals surface area contributed by atoms with Gasteiger partial charge in [0, 0.05) is 11.4 Å². The molecule has 1 N–H and O–H groups in total. The van der Waals surface area contributed by atoms with E-state index in [9.17, 15) is 9.18 Å². The van der Waals surface area contributed by atoms with Crippen molar-refractivity contribution in [1.29, 1.82) is 0 Å². The van der Waals surface area contributed by atoms with E-state index < -0.39 is 5.82 Å². The quantitative estimate of drug-likeness (QED) is 0.512. The van der Waals surface area contributed by atoms with Gasteiger partial charge in [-0.25, -0.2) is 9.07 Å². The lowest BCUT2D eigenvalue weighted by Gasteiger charge is -2.08. The first-order valence-electron chi connectivity index (χ1n) is 7.52. The van der Waals surface area contributed by atoms with Crippen LogP contribution < -0.4 is 10.2 Å². The first-order valence-corrected chi connectivity index (χ1v) is 9.70. The Kier molecular flexibility index (Phi) is 6.92. The molecule has 0 spiro atoms. The van der Waals surface area contributed by atoms with E-state index in [2.05, 4.69) is 17.3 Å². The molecule has 2 aromatic rings. The van der Waals surface area contributed by atoms with Crippen molar-refractivity contribution in [2.45, 2.75) is 44.6 Å². The van der Waals surface area contributed by atoms with Crippen molar-refractivity contribution in [2.24, 2.45) is 0 Å². The molecule has 2 rings (SSSR count). The Morgan fingerprint density at radius 1 is 1.39 bits per heavy atom. The molecule has 0 fully saturated rings.